The summed E-state index contributed by atoms with van der Waals surface area (Å²) in [6.07, 6.45) is 9.48. The molecule has 1 aromatic rings. The van der Waals surface area contributed by atoms with Gasteiger partial charge in [-0.1, -0.05) is 13.3 Å². The van der Waals surface area contributed by atoms with Crippen LogP contribution >= 0.6 is 11.3 Å². The van der Waals surface area contributed by atoms with E-state index in [0.717, 1.165) is 18.1 Å². The maximum Gasteiger partial charge on any atom is 0.0116 e. The Morgan fingerprint density at radius 1 is 1.33 bits per heavy atom. The molecule has 2 nitrogen and oxygen atoms in total. The predicted molar refractivity (Wildman–Crippen MR) is 92.1 cm³/mol. The maximum atomic E-state index is 3.78. The fraction of sp³-hybridized carbons (Fsp3) is 0.778. The average molecular weight is 307 g/mol. The second-order valence-corrected chi connectivity index (χ2v) is 7.77. The number of thiophene rings is 1. The van der Waals surface area contributed by atoms with Gasteiger partial charge in [0, 0.05) is 24.2 Å². The van der Waals surface area contributed by atoms with Crippen molar-refractivity contribution in [2.45, 2.75) is 83.0 Å². The fourth-order valence-electron chi connectivity index (χ4n) is 4.51. The number of hydrogen-bond acceptors (Lipinski definition) is 3. The Balaban J connectivity index is 1.63. The molecule has 2 aliphatic heterocycles. The lowest BCUT2D eigenvalue weighted by Gasteiger charge is -2.52. The Morgan fingerprint density at radius 2 is 2.10 bits per heavy atom. The van der Waals surface area contributed by atoms with Gasteiger partial charge in [0.1, 0.15) is 0 Å². The van der Waals surface area contributed by atoms with Gasteiger partial charge in [-0.3, -0.25) is 4.90 Å². The molecule has 3 rings (SSSR count). The Labute approximate surface area is 133 Å². The van der Waals surface area contributed by atoms with Crippen molar-refractivity contribution in [2.75, 3.05) is 6.54 Å². The quantitative estimate of drug-likeness (QED) is 0.852. The van der Waals surface area contributed by atoms with Crippen molar-refractivity contribution in [3.8, 4) is 0 Å². The van der Waals surface area contributed by atoms with E-state index < -0.39 is 0 Å². The highest BCUT2D eigenvalue weighted by Gasteiger charge is 2.39. The molecule has 3 atom stereocenters. The molecule has 0 radical (unpaired) electrons. The molecule has 2 aliphatic rings. The lowest BCUT2D eigenvalue weighted by atomic mass is 9.80. The van der Waals surface area contributed by atoms with E-state index in [-0.39, 0.29) is 0 Å². The highest BCUT2D eigenvalue weighted by Crippen LogP contribution is 2.36. The molecule has 1 N–H and O–H groups in total. The van der Waals surface area contributed by atoms with Gasteiger partial charge in [0.25, 0.3) is 0 Å². The molecule has 2 fully saturated rings. The molecular weight excluding hydrogens is 276 g/mol. The van der Waals surface area contributed by atoms with E-state index in [4.69, 9.17) is 0 Å². The molecule has 2 bridgehead atoms. The molecule has 3 unspecified atom stereocenters. The molecule has 0 amide bonds. The van der Waals surface area contributed by atoms with Gasteiger partial charge in [0.2, 0.25) is 0 Å². The largest absolute Gasteiger partial charge is 0.314 e. The van der Waals surface area contributed by atoms with Crippen LogP contribution in [0.2, 0.25) is 0 Å². The van der Waals surface area contributed by atoms with Crippen LogP contribution in [0, 0.1) is 0 Å². The van der Waals surface area contributed by atoms with Crippen molar-refractivity contribution < 1.29 is 0 Å². The van der Waals surface area contributed by atoms with Crippen LogP contribution in [0.15, 0.2) is 16.8 Å². The minimum atomic E-state index is 0.696. The Kier molecular flexibility index (Phi) is 5.36. The molecule has 118 valence electrons. The van der Waals surface area contributed by atoms with Gasteiger partial charge < -0.3 is 5.32 Å². The van der Waals surface area contributed by atoms with E-state index in [9.17, 15) is 0 Å². The fourth-order valence-corrected chi connectivity index (χ4v) is 5.19. The second kappa shape index (κ2) is 7.26. The summed E-state index contributed by atoms with van der Waals surface area (Å²) in [6, 6.07) is 5.40. The summed E-state index contributed by atoms with van der Waals surface area (Å²) >= 11 is 1.83. The normalized spacial score (nSPS) is 31.2. The van der Waals surface area contributed by atoms with Crippen LogP contribution in [0.5, 0.6) is 0 Å². The van der Waals surface area contributed by atoms with Crippen LogP contribution in [-0.2, 0) is 6.42 Å². The Morgan fingerprint density at radius 3 is 2.71 bits per heavy atom. The zero-order valence-corrected chi connectivity index (χ0v) is 14.4. The van der Waals surface area contributed by atoms with Crippen LogP contribution in [-0.4, -0.2) is 35.6 Å². The summed E-state index contributed by atoms with van der Waals surface area (Å²) in [5.74, 6) is 0. The third kappa shape index (κ3) is 3.69. The van der Waals surface area contributed by atoms with E-state index in [0.29, 0.717) is 6.04 Å². The first-order valence-corrected chi connectivity index (χ1v) is 9.74. The van der Waals surface area contributed by atoms with E-state index in [1.54, 1.807) is 0 Å². The Hall–Kier alpha value is -0.380. The van der Waals surface area contributed by atoms with E-state index in [2.05, 4.69) is 40.9 Å². The summed E-state index contributed by atoms with van der Waals surface area (Å²) in [6.45, 7) is 5.91. The molecular formula is C18H30N2S. The highest BCUT2D eigenvalue weighted by atomic mass is 32.1. The second-order valence-electron chi connectivity index (χ2n) is 6.99. The summed E-state index contributed by atoms with van der Waals surface area (Å²) in [5.41, 5.74) is 1.52. The summed E-state index contributed by atoms with van der Waals surface area (Å²) in [7, 11) is 0. The first kappa shape index (κ1) is 15.5. The summed E-state index contributed by atoms with van der Waals surface area (Å²) in [5, 5.41) is 8.31. The molecule has 0 aliphatic carbocycles. The van der Waals surface area contributed by atoms with Crippen LogP contribution in [0.3, 0.4) is 0 Å². The highest BCUT2D eigenvalue weighted by molar-refractivity contribution is 7.07. The smallest absolute Gasteiger partial charge is 0.0116 e. The SMILES string of the molecule is CCCNC1CC2CCCC(C1)N2C(C)Cc1ccsc1. The van der Waals surface area contributed by atoms with E-state index in [1.807, 2.05) is 11.3 Å². The van der Waals surface area contributed by atoms with Crippen molar-refractivity contribution in [1.29, 1.82) is 0 Å². The molecule has 3 heteroatoms. The van der Waals surface area contributed by atoms with E-state index >= 15 is 0 Å². The van der Waals surface area contributed by atoms with Gasteiger partial charge in [-0.2, -0.15) is 11.3 Å². The standard InChI is InChI=1S/C18H30N2S/c1-3-8-19-16-11-17-5-4-6-18(12-16)20(17)14(2)10-15-7-9-21-13-15/h7,9,13-14,16-19H,3-6,8,10-12H2,1-2H3. The van der Waals surface area contributed by atoms with Crippen LogP contribution in [0.25, 0.3) is 0 Å². The first-order valence-electron chi connectivity index (χ1n) is 8.79. The van der Waals surface area contributed by atoms with Gasteiger partial charge in [-0.05, 0) is 74.4 Å². The summed E-state index contributed by atoms with van der Waals surface area (Å²) in [4.78, 5) is 2.88. The lowest BCUT2D eigenvalue weighted by Crippen LogP contribution is -2.59. The van der Waals surface area contributed by atoms with Crippen LogP contribution < -0.4 is 5.32 Å². The first-order chi connectivity index (χ1) is 10.3. The maximum absolute atomic E-state index is 3.78. The molecule has 3 heterocycles. The van der Waals surface area contributed by atoms with Gasteiger partial charge >= 0.3 is 0 Å². The van der Waals surface area contributed by atoms with Crippen molar-refractivity contribution >= 4 is 11.3 Å². The average Bonchev–Trinajstić information content (AvgIpc) is 2.96. The van der Waals surface area contributed by atoms with Crippen molar-refractivity contribution in [3.63, 3.8) is 0 Å². The summed E-state index contributed by atoms with van der Waals surface area (Å²) < 4.78 is 0. The topological polar surface area (TPSA) is 15.3 Å². The van der Waals surface area contributed by atoms with E-state index in [1.165, 1.54) is 57.1 Å². The molecule has 21 heavy (non-hydrogen) atoms. The minimum Gasteiger partial charge on any atom is -0.314 e. The third-order valence-corrected chi connectivity index (χ3v) is 6.07. The molecule has 0 saturated carbocycles. The third-order valence-electron chi connectivity index (χ3n) is 5.33. The van der Waals surface area contributed by atoms with Gasteiger partial charge in [0.15, 0.2) is 0 Å². The van der Waals surface area contributed by atoms with Gasteiger partial charge in [-0.15, -0.1) is 0 Å². The zero-order valence-electron chi connectivity index (χ0n) is 13.6. The number of nitrogens with one attached hydrogen (secondary N) is 1. The van der Waals surface area contributed by atoms with Crippen molar-refractivity contribution in [2.24, 2.45) is 0 Å². The number of fused-ring (bicyclic) bond motifs is 2. The lowest BCUT2D eigenvalue weighted by molar-refractivity contribution is -0.00507. The minimum absolute atomic E-state index is 0.696. The van der Waals surface area contributed by atoms with Crippen LogP contribution in [0.4, 0.5) is 0 Å². The number of rotatable bonds is 6. The number of hydrogen-bond donors (Lipinski definition) is 1. The molecule has 0 spiro atoms. The van der Waals surface area contributed by atoms with Crippen LogP contribution in [0.1, 0.15) is 57.9 Å². The van der Waals surface area contributed by atoms with Crippen molar-refractivity contribution in [3.05, 3.63) is 22.4 Å². The monoisotopic (exact) mass is 306 g/mol. The molecule has 2 saturated heterocycles. The zero-order chi connectivity index (χ0) is 14.7. The van der Waals surface area contributed by atoms with Gasteiger partial charge in [0.05, 0.1) is 0 Å². The molecule has 0 aromatic carbocycles. The van der Waals surface area contributed by atoms with Gasteiger partial charge in [-0.25, -0.2) is 0 Å². The molecule has 1 aromatic heterocycles. The number of piperidine rings is 2. The predicted octanol–water partition coefficient (Wildman–Crippen LogP) is 4.06. The number of nitrogens with zero attached hydrogens (tertiary/aromatic N) is 1. The Bertz CT molecular complexity index is 403. The van der Waals surface area contributed by atoms with Crippen molar-refractivity contribution in [1.82, 2.24) is 10.2 Å².